The maximum atomic E-state index is 13.4. The van der Waals surface area contributed by atoms with Crippen molar-refractivity contribution in [3.63, 3.8) is 0 Å². The SMILES string of the molecule is O=C(Nc1ccccc1)Nc1ccccc1Sc1ncc([N+](=O)[O-])cc1C(F)(F)F. The minimum Gasteiger partial charge on any atom is -0.308 e. The number of para-hydroxylation sites is 2. The zero-order valence-electron chi connectivity index (χ0n) is 15.0. The highest BCUT2D eigenvalue weighted by Crippen LogP contribution is 2.41. The van der Waals surface area contributed by atoms with E-state index < -0.39 is 33.4 Å². The molecule has 2 N–H and O–H groups in total. The first-order chi connectivity index (χ1) is 14.2. The number of carbonyl (C=O) groups is 1. The van der Waals surface area contributed by atoms with Crippen molar-refractivity contribution in [3.05, 3.63) is 82.5 Å². The predicted octanol–water partition coefficient (Wildman–Crippen LogP) is 5.80. The molecule has 0 radical (unpaired) electrons. The van der Waals surface area contributed by atoms with E-state index in [1.807, 2.05) is 0 Å². The van der Waals surface area contributed by atoms with Crippen LogP contribution in [0.25, 0.3) is 0 Å². The number of rotatable bonds is 5. The fourth-order valence-electron chi connectivity index (χ4n) is 2.39. The number of hydrogen-bond acceptors (Lipinski definition) is 5. The van der Waals surface area contributed by atoms with Gasteiger partial charge in [-0.2, -0.15) is 13.2 Å². The van der Waals surface area contributed by atoms with Gasteiger partial charge in [-0.05, 0) is 24.3 Å². The van der Waals surface area contributed by atoms with E-state index in [0.29, 0.717) is 23.5 Å². The van der Waals surface area contributed by atoms with E-state index in [4.69, 9.17) is 0 Å². The van der Waals surface area contributed by atoms with Gasteiger partial charge in [-0.1, -0.05) is 42.1 Å². The molecule has 0 fully saturated rings. The van der Waals surface area contributed by atoms with Gasteiger partial charge in [0.1, 0.15) is 11.2 Å². The van der Waals surface area contributed by atoms with Gasteiger partial charge in [0.05, 0.1) is 16.2 Å². The zero-order chi connectivity index (χ0) is 21.7. The fourth-order valence-corrected chi connectivity index (χ4v) is 3.37. The quantitative estimate of drug-likeness (QED) is 0.391. The third-order valence-corrected chi connectivity index (χ3v) is 4.82. The van der Waals surface area contributed by atoms with Gasteiger partial charge in [-0.25, -0.2) is 9.78 Å². The predicted molar refractivity (Wildman–Crippen MR) is 106 cm³/mol. The number of pyridine rings is 1. The van der Waals surface area contributed by atoms with Crippen molar-refractivity contribution >= 4 is 34.9 Å². The van der Waals surface area contributed by atoms with Crippen molar-refractivity contribution in [1.29, 1.82) is 0 Å². The summed E-state index contributed by atoms with van der Waals surface area (Å²) in [5, 5.41) is 15.5. The Balaban J connectivity index is 1.86. The second kappa shape index (κ2) is 8.82. The van der Waals surface area contributed by atoms with Crippen LogP contribution in [0.3, 0.4) is 0 Å². The Labute approximate surface area is 172 Å². The van der Waals surface area contributed by atoms with Crippen LogP contribution in [0.1, 0.15) is 5.56 Å². The van der Waals surface area contributed by atoms with E-state index in [-0.39, 0.29) is 10.6 Å². The summed E-state index contributed by atoms with van der Waals surface area (Å²) >= 11 is 0.640. The van der Waals surface area contributed by atoms with Crippen LogP contribution in [0, 0.1) is 10.1 Å². The van der Waals surface area contributed by atoms with E-state index in [1.54, 1.807) is 42.5 Å². The van der Waals surface area contributed by atoms with Gasteiger partial charge in [-0.3, -0.25) is 10.1 Å². The van der Waals surface area contributed by atoms with Crippen LogP contribution in [0.2, 0.25) is 0 Å². The first-order valence-corrected chi connectivity index (χ1v) is 9.17. The van der Waals surface area contributed by atoms with Crippen LogP contribution in [-0.2, 0) is 6.18 Å². The molecule has 7 nitrogen and oxygen atoms in total. The maximum Gasteiger partial charge on any atom is 0.419 e. The molecule has 2 aromatic carbocycles. The lowest BCUT2D eigenvalue weighted by Gasteiger charge is -2.14. The van der Waals surface area contributed by atoms with Crippen LogP contribution in [-0.4, -0.2) is 15.9 Å². The minimum absolute atomic E-state index is 0.254. The number of nitrogens with one attached hydrogen (secondary N) is 2. The van der Waals surface area contributed by atoms with Crippen LogP contribution in [0.5, 0.6) is 0 Å². The normalized spacial score (nSPS) is 11.0. The molecule has 2 amide bonds. The molecule has 0 saturated heterocycles. The van der Waals surface area contributed by atoms with Crippen molar-refractivity contribution in [2.45, 2.75) is 16.1 Å². The Morgan fingerprint density at radius 1 is 1.03 bits per heavy atom. The lowest BCUT2D eigenvalue weighted by Crippen LogP contribution is -2.19. The van der Waals surface area contributed by atoms with E-state index in [0.717, 1.165) is 6.20 Å². The molecule has 0 bridgehead atoms. The smallest absolute Gasteiger partial charge is 0.308 e. The molecule has 0 aliphatic heterocycles. The zero-order valence-corrected chi connectivity index (χ0v) is 15.8. The second-order valence-corrected chi connectivity index (χ2v) is 6.88. The molecule has 1 heterocycles. The molecule has 1 aromatic heterocycles. The average molecular weight is 434 g/mol. The Morgan fingerprint density at radius 3 is 2.37 bits per heavy atom. The fraction of sp³-hybridized carbons (Fsp3) is 0.0526. The van der Waals surface area contributed by atoms with E-state index in [1.165, 1.54) is 12.1 Å². The molecule has 30 heavy (non-hydrogen) atoms. The first kappa shape index (κ1) is 21.1. The number of nitro groups is 1. The lowest BCUT2D eigenvalue weighted by molar-refractivity contribution is -0.385. The standard InChI is InChI=1S/C19H13F3N4O3S/c20-19(21,22)14-10-13(26(28)29)11-23-17(14)30-16-9-5-4-8-15(16)25-18(27)24-12-6-2-1-3-7-12/h1-11H,(H2,24,25,27). The summed E-state index contributed by atoms with van der Waals surface area (Å²) in [7, 11) is 0. The molecule has 0 atom stereocenters. The van der Waals surface area contributed by atoms with E-state index >= 15 is 0 Å². The van der Waals surface area contributed by atoms with E-state index in [9.17, 15) is 28.1 Å². The number of nitrogens with zero attached hydrogens (tertiary/aromatic N) is 2. The number of anilines is 2. The van der Waals surface area contributed by atoms with Crippen LogP contribution in [0.4, 0.5) is 35.0 Å². The number of amides is 2. The first-order valence-electron chi connectivity index (χ1n) is 8.35. The average Bonchev–Trinajstić information content (AvgIpc) is 2.69. The van der Waals surface area contributed by atoms with Crippen LogP contribution < -0.4 is 10.6 Å². The van der Waals surface area contributed by atoms with Gasteiger partial charge in [0, 0.05) is 16.6 Å². The molecule has 3 rings (SSSR count). The largest absolute Gasteiger partial charge is 0.419 e. The Morgan fingerprint density at radius 2 is 1.70 bits per heavy atom. The molecule has 0 saturated carbocycles. The number of hydrogen-bond donors (Lipinski definition) is 2. The number of benzene rings is 2. The summed E-state index contributed by atoms with van der Waals surface area (Å²) < 4.78 is 40.2. The number of halogens is 3. The van der Waals surface area contributed by atoms with Crippen molar-refractivity contribution in [2.24, 2.45) is 0 Å². The topological polar surface area (TPSA) is 97.2 Å². The summed E-state index contributed by atoms with van der Waals surface area (Å²) in [6.07, 6.45) is -4.08. The van der Waals surface area contributed by atoms with Crippen molar-refractivity contribution in [3.8, 4) is 0 Å². The van der Waals surface area contributed by atoms with Gasteiger partial charge in [-0.15, -0.1) is 0 Å². The molecule has 11 heteroatoms. The monoisotopic (exact) mass is 434 g/mol. The summed E-state index contributed by atoms with van der Waals surface area (Å²) in [4.78, 5) is 26.0. The number of carbonyl (C=O) groups excluding carboxylic acids is 1. The Bertz CT molecular complexity index is 1080. The minimum atomic E-state index is -4.84. The highest BCUT2D eigenvalue weighted by atomic mass is 32.2. The molecular weight excluding hydrogens is 421 g/mol. The van der Waals surface area contributed by atoms with Crippen LogP contribution >= 0.6 is 11.8 Å². The third-order valence-electron chi connectivity index (χ3n) is 3.73. The highest BCUT2D eigenvalue weighted by molar-refractivity contribution is 7.99. The van der Waals surface area contributed by atoms with Crippen molar-refractivity contribution < 1.29 is 22.9 Å². The van der Waals surface area contributed by atoms with Crippen molar-refractivity contribution in [2.75, 3.05) is 10.6 Å². The maximum absolute atomic E-state index is 13.4. The van der Waals surface area contributed by atoms with Gasteiger partial charge < -0.3 is 10.6 Å². The Hall–Kier alpha value is -3.60. The lowest BCUT2D eigenvalue weighted by atomic mass is 10.2. The second-order valence-electron chi connectivity index (χ2n) is 5.84. The summed E-state index contributed by atoms with van der Waals surface area (Å²) in [5.74, 6) is 0. The summed E-state index contributed by atoms with van der Waals surface area (Å²) in [6, 6.07) is 14.7. The van der Waals surface area contributed by atoms with Gasteiger partial charge in [0.15, 0.2) is 0 Å². The molecule has 154 valence electrons. The molecule has 0 aliphatic rings. The molecule has 0 spiro atoms. The Kier molecular flexibility index (Phi) is 6.21. The molecule has 0 aliphatic carbocycles. The molecule has 0 unspecified atom stereocenters. The molecule has 3 aromatic rings. The van der Waals surface area contributed by atoms with Crippen LogP contribution in [0.15, 0.2) is 76.8 Å². The van der Waals surface area contributed by atoms with Gasteiger partial charge in [0.2, 0.25) is 0 Å². The number of aromatic nitrogens is 1. The van der Waals surface area contributed by atoms with Gasteiger partial charge in [0.25, 0.3) is 5.69 Å². The summed E-state index contributed by atoms with van der Waals surface area (Å²) in [5.41, 5.74) is -1.20. The third kappa shape index (κ3) is 5.26. The highest BCUT2D eigenvalue weighted by Gasteiger charge is 2.36. The number of alkyl halides is 3. The van der Waals surface area contributed by atoms with Gasteiger partial charge >= 0.3 is 12.2 Å². The summed E-state index contributed by atoms with van der Waals surface area (Å²) in [6.45, 7) is 0. The van der Waals surface area contributed by atoms with Crippen molar-refractivity contribution in [1.82, 2.24) is 4.98 Å². The number of urea groups is 1. The molecular formula is C19H13F3N4O3S. The van der Waals surface area contributed by atoms with E-state index in [2.05, 4.69) is 15.6 Å².